The second-order valence-electron chi connectivity index (χ2n) is 5.05. The van der Waals surface area contributed by atoms with Gasteiger partial charge in [-0.2, -0.15) is 0 Å². The Bertz CT molecular complexity index is 182. The van der Waals surface area contributed by atoms with E-state index in [0.29, 0.717) is 12.3 Å². The van der Waals surface area contributed by atoms with Crippen molar-refractivity contribution >= 4 is 0 Å². The van der Waals surface area contributed by atoms with Gasteiger partial charge in [-0.25, -0.2) is 0 Å². The third-order valence-corrected chi connectivity index (χ3v) is 3.01. The first-order valence-electron chi connectivity index (χ1n) is 6.62. The van der Waals surface area contributed by atoms with Crippen LogP contribution in [0.3, 0.4) is 0 Å². The molecule has 3 nitrogen and oxygen atoms in total. The van der Waals surface area contributed by atoms with E-state index in [4.69, 9.17) is 9.47 Å². The number of ether oxygens (including phenoxy) is 2. The van der Waals surface area contributed by atoms with E-state index in [9.17, 15) is 5.11 Å². The van der Waals surface area contributed by atoms with Gasteiger partial charge >= 0.3 is 0 Å². The van der Waals surface area contributed by atoms with Crippen molar-refractivity contribution in [2.24, 2.45) is 5.92 Å². The van der Waals surface area contributed by atoms with Crippen molar-refractivity contribution in [3.63, 3.8) is 0 Å². The van der Waals surface area contributed by atoms with Crippen molar-refractivity contribution in [3.05, 3.63) is 0 Å². The van der Waals surface area contributed by atoms with Crippen LogP contribution in [0.4, 0.5) is 0 Å². The van der Waals surface area contributed by atoms with Crippen LogP contribution in [0.1, 0.15) is 59.3 Å². The van der Waals surface area contributed by atoms with Gasteiger partial charge in [-0.15, -0.1) is 0 Å². The Kier molecular flexibility index (Phi) is 6.32. The van der Waals surface area contributed by atoms with Crippen LogP contribution in [-0.2, 0) is 9.47 Å². The molecule has 3 atom stereocenters. The smallest absolute Gasteiger partial charge is 0.163 e. The Morgan fingerprint density at radius 1 is 1.19 bits per heavy atom. The van der Waals surface area contributed by atoms with Crippen LogP contribution in [0.2, 0.25) is 0 Å². The molecule has 1 N–H and O–H groups in total. The van der Waals surface area contributed by atoms with Crippen molar-refractivity contribution in [1.29, 1.82) is 0 Å². The summed E-state index contributed by atoms with van der Waals surface area (Å²) in [5.41, 5.74) is 0. The summed E-state index contributed by atoms with van der Waals surface area (Å²) in [5, 5.41) is 9.60. The summed E-state index contributed by atoms with van der Waals surface area (Å²) in [6, 6.07) is 0. The van der Waals surface area contributed by atoms with Crippen LogP contribution < -0.4 is 0 Å². The topological polar surface area (TPSA) is 38.7 Å². The molecule has 3 heteroatoms. The van der Waals surface area contributed by atoms with E-state index in [0.717, 1.165) is 6.42 Å². The molecule has 0 spiro atoms. The minimum absolute atomic E-state index is 0.174. The first-order valence-corrected chi connectivity index (χ1v) is 6.62. The highest BCUT2D eigenvalue weighted by molar-refractivity contribution is 4.68. The Morgan fingerprint density at radius 2 is 1.94 bits per heavy atom. The zero-order chi connectivity index (χ0) is 12.0. The number of hydrogen-bond donors (Lipinski definition) is 1. The molecule has 1 saturated heterocycles. The average molecular weight is 230 g/mol. The van der Waals surface area contributed by atoms with Gasteiger partial charge in [-0.1, -0.05) is 46.5 Å². The fourth-order valence-corrected chi connectivity index (χ4v) is 2.01. The first kappa shape index (κ1) is 13.9. The second kappa shape index (κ2) is 7.25. The molecule has 0 aromatic heterocycles. The monoisotopic (exact) mass is 230 g/mol. The predicted molar refractivity (Wildman–Crippen MR) is 64.0 cm³/mol. The lowest BCUT2D eigenvalue weighted by Crippen LogP contribution is -2.40. The van der Waals surface area contributed by atoms with Gasteiger partial charge < -0.3 is 14.6 Å². The third kappa shape index (κ3) is 4.81. The first-order chi connectivity index (χ1) is 7.63. The van der Waals surface area contributed by atoms with E-state index in [1.54, 1.807) is 0 Å². The van der Waals surface area contributed by atoms with Crippen LogP contribution in [0.15, 0.2) is 0 Å². The molecule has 0 radical (unpaired) electrons. The lowest BCUT2D eigenvalue weighted by molar-refractivity contribution is -0.307. The fraction of sp³-hybridized carbons (Fsp3) is 1.00. The normalized spacial score (nSPS) is 30.9. The van der Waals surface area contributed by atoms with Gasteiger partial charge in [-0.05, 0) is 6.42 Å². The Morgan fingerprint density at radius 3 is 2.56 bits per heavy atom. The highest BCUT2D eigenvalue weighted by atomic mass is 16.7. The van der Waals surface area contributed by atoms with Crippen molar-refractivity contribution in [2.75, 3.05) is 0 Å². The van der Waals surface area contributed by atoms with Gasteiger partial charge in [0.25, 0.3) is 0 Å². The minimum atomic E-state index is -0.641. The van der Waals surface area contributed by atoms with Crippen LogP contribution in [0.5, 0.6) is 0 Å². The zero-order valence-electron chi connectivity index (χ0n) is 10.8. The summed E-state index contributed by atoms with van der Waals surface area (Å²) >= 11 is 0. The molecule has 1 aliphatic rings. The number of hydrogen-bond acceptors (Lipinski definition) is 3. The third-order valence-electron chi connectivity index (χ3n) is 3.01. The lowest BCUT2D eigenvalue weighted by Gasteiger charge is -2.35. The summed E-state index contributed by atoms with van der Waals surface area (Å²) in [7, 11) is 0. The van der Waals surface area contributed by atoms with Gasteiger partial charge in [0, 0.05) is 12.3 Å². The van der Waals surface area contributed by atoms with E-state index in [1.165, 1.54) is 25.7 Å². The second-order valence-corrected chi connectivity index (χ2v) is 5.05. The number of unbranched alkanes of at least 4 members (excludes halogenated alkanes) is 3. The maximum Gasteiger partial charge on any atom is 0.163 e. The molecule has 1 heterocycles. The van der Waals surface area contributed by atoms with Crippen LogP contribution >= 0.6 is 0 Å². The summed E-state index contributed by atoms with van der Waals surface area (Å²) in [6.07, 6.45) is 5.96. The minimum Gasteiger partial charge on any atom is -0.368 e. The summed E-state index contributed by atoms with van der Waals surface area (Å²) in [4.78, 5) is 0. The number of aliphatic hydroxyl groups excluding tert-OH is 1. The average Bonchev–Trinajstić information content (AvgIpc) is 2.23. The standard InChI is InChI=1S/C13H26O3/c1-4-5-6-7-8-11-9-12(14)16-13(15-11)10(2)3/h10-14H,4-9H2,1-3H3/t11-,12-,13-/m0/s1. The van der Waals surface area contributed by atoms with E-state index < -0.39 is 6.29 Å². The quantitative estimate of drug-likeness (QED) is 0.713. The van der Waals surface area contributed by atoms with E-state index >= 15 is 0 Å². The molecule has 1 rings (SSSR count). The predicted octanol–water partition coefficient (Wildman–Crippen LogP) is 3.06. The molecular weight excluding hydrogens is 204 g/mol. The van der Waals surface area contributed by atoms with Gasteiger partial charge in [0.1, 0.15) is 0 Å². The van der Waals surface area contributed by atoms with E-state index in [1.807, 2.05) is 0 Å². The molecule has 0 saturated carbocycles. The molecule has 0 aliphatic carbocycles. The molecule has 1 aliphatic heterocycles. The molecule has 96 valence electrons. The Labute approximate surface area is 99.1 Å². The van der Waals surface area contributed by atoms with Gasteiger partial charge in [0.05, 0.1) is 6.10 Å². The largest absolute Gasteiger partial charge is 0.368 e. The molecule has 0 aromatic rings. The summed E-state index contributed by atoms with van der Waals surface area (Å²) in [6.45, 7) is 6.32. The fourth-order valence-electron chi connectivity index (χ4n) is 2.01. The van der Waals surface area contributed by atoms with E-state index in [2.05, 4.69) is 20.8 Å². The molecule has 0 aromatic carbocycles. The summed E-state index contributed by atoms with van der Waals surface area (Å²) in [5.74, 6) is 0.299. The molecule has 16 heavy (non-hydrogen) atoms. The molecular formula is C13H26O3. The maximum atomic E-state index is 9.60. The summed E-state index contributed by atoms with van der Waals surface area (Å²) < 4.78 is 11.2. The van der Waals surface area contributed by atoms with Crippen molar-refractivity contribution < 1.29 is 14.6 Å². The van der Waals surface area contributed by atoms with E-state index in [-0.39, 0.29) is 12.4 Å². The van der Waals surface area contributed by atoms with Crippen LogP contribution in [0.25, 0.3) is 0 Å². The van der Waals surface area contributed by atoms with Crippen LogP contribution in [-0.4, -0.2) is 23.8 Å². The Hall–Kier alpha value is -0.120. The molecule has 1 fully saturated rings. The number of aliphatic hydroxyl groups is 1. The highest BCUT2D eigenvalue weighted by Gasteiger charge is 2.30. The van der Waals surface area contributed by atoms with Crippen molar-refractivity contribution in [1.82, 2.24) is 0 Å². The maximum absolute atomic E-state index is 9.60. The van der Waals surface area contributed by atoms with Crippen molar-refractivity contribution in [2.45, 2.75) is 78.0 Å². The van der Waals surface area contributed by atoms with Crippen molar-refractivity contribution in [3.8, 4) is 0 Å². The molecule has 0 amide bonds. The zero-order valence-corrected chi connectivity index (χ0v) is 10.8. The number of rotatable bonds is 6. The lowest BCUT2D eigenvalue weighted by atomic mass is 10.0. The Balaban J connectivity index is 2.25. The van der Waals surface area contributed by atoms with Gasteiger partial charge in [0.15, 0.2) is 12.6 Å². The van der Waals surface area contributed by atoms with Gasteiger partial charge in [-0.3, -0.25) is 0 Å². The molecule has 0 bridgehead atoms. The van der Waals surface area contributed by atoms with Gasteiger partial charge in [0.2, 0.25) is 0 Å². The SMILES string of the molecule is CCCCCC[C@H]1C[C@@H](O)O[C@@H](C(C)C)O1. The van der Waals surface area contributed by atoms with Crippen LogP contribution in [0, 0.1) is 5.92 Å². The molecule has 0 unspecified atom stereocenters. The highest BCUT2D eigenvalue weighted by Crippen LogP contribution is 2.25.